The number of hydrogen-bond donors (Lipinski definition) is 2. The molecule has 9 heteroatoms. The first kappa shape index (κ1) is 31.2. The first-order chi connectivity index (χ1) is 21.9. The number of anilines is 1. The number of likely N-dealkylation sites (tertiary alicyclic amines) is 1. The molecule has 6 rings (SSSR count). The predicted octanol–water partition coefficient (Wildman–Crippen LogP) is 5.48. The molecule has 3 aromatic carbocycles. The van der Waals surface area contributed by atoms with Gasteiger partial charge in [0.15, 0.2) is 17.3 Å². The number of Topliss-reactive ketones (excluding diaryl/α,β-unsaturated/α-hetero) is 1. The molecule has 0 aromatic heterocycles. The quantitative estimate of drug-likeness (QED) is 0.244. The summed E-state index contributed by atoms with van der Waals surface area (Å²) in [6.07, 6.45) is 5.86. The number of amides is 1. The average Bonchev–Trinajstić information content (AvgIpc) is 3.46. The lowest BCUT2D eigenvalue weighted by atomic mass is 9.93. The number of carbonyl (C=O) groups excluding carboxylic acids is 2. The van der Waals surface area contributed by atoms with Crippen molar-refractivity contribution in [2.75, 3.05) is 64.8 Å². The Kier molecular flexibility index (Phi) is 9.78. The molecule has 3 aromatic rings. The van der Waals surface area contributed by atoms with Crippen molar-refractivity contribution in [1.82, 2.24) is 15.1 Å². The van der Waals surface area contributed by atoms with E-state index in [0.717, 1.165) is 81.4 Å². The molecule has 0 radical (unpaired) electrons. The zero-order valence-corrected chi connectivity index (χ0v) is 26.3. The lowest BCUT2D eigenvalue weighted by molar-refractivity contribution is -0.117. The predicted molar refractivity (Wildman–Crippen MR) is 175 cm³/mol. The fourth-order valence-electron chi connectivity index (χ4n) is 6.70. The van der Waals surface area contributed by atoms with Gasteiger partial charge in [-0.2, -0.15) is 0 Å². The van der Waals surface area contributed by atoms with Gasteiger partial charge in [0.2, 0.25) is 0 Å². The molecule has 45 heavy (non-hydrogen) atoms. The second-order valence-corrected chi connectivity index (χ2v) is 12.3. The fraction of sp³-hybridized carbons (Fsp3) is 0.444. The number of nitrogens with zero attached hydrogens (tertiary/aromatic N) is 2. The Morgan fingerprint density at radius 2 is 1.89 bits per heavy atom. The van der Waals surface area contributed by atoms with Crippen molar-refractivity contribution >= 4 is 28.2 Å². The molecule has 2 bridgehead atoms. The summed E-state index contributed by atoms with van der Waals surface area (Å²) in [5.74, 6) is -0.658. The zero-order valence-electron chi connectivity index (χ0n) is 26.3. The highest BCUT2D eigenvalue weighted by Crippen LogP contribution is 2.42. The molecule has 2 saturated heterocycles. The molecule has 2 N–H and O–H groups in total. The Hall–Kier alpha value is -3.79. The van der Waals surface area contributed by atoms with Crippen LogP contribution in [0, 0.1) is 12.7 Å². The standard InChI is InChI=1S/C36H43FN4O4/c1-24-30-23-31(37)32(38-15-6-18-41-19-21-44-22-20-41)34(24)45-35-26(11-10-25-7-3-4-9-28(25)35)12-13-29(33(30)42)36(43)39-16-14-27-8-5-17-40(27)2/h3-4,7,9-11,13,23,27,38H,5-6,8,12,14-22H2,1-2H3,(H,39,43)/b29-13+. The maximum atomic E-state index is 16.0. The van der Waals surface area contributed by atoms with Crippen LogP contribution in [-0.2, 0) is 16.0 Å². The van der Waals surface area contributed by atoms with Gasteiger partial charge in [-0.1, -0.05) is 42.5 Å². The number of allylic oxidation sites excluding steroid dienone is 1. The molecule has 1 amide bonds. The topological polar surface area (TPSA) is 83.1 Å². The number of rotatable bonds is 9. The zero-order chi connectivity index (χ0) is 31.3. The highest BCUT2D eigenvalue weighted by Gasteiger charge is 2.29. The summed E-state index contributed by atoms with van der Waals surface area (Å²) in [6.45, 7) is 7.94. The largest absolute Gasteiger partial charge is 0.454 e. The molecule has 238 valence electrons. The van der Waals surface area contributed by atoms with E-state index >= 15 is 4.39 Å². The van der Waals surface area contributed by atoms with Crippen LogP contribution in [0.15, 0.2) is 54.1 Å². The molecule has 0 spiro atoms. The van der Waals surface area contributed by atoms with Gasteiger partial charge in [-0.25, -0.2) is 4.39 Å². The van der Waals surface area contributed by atoms with Crippen LogP contribution in [0.25, 0.3) is 10.8 Å². The van der Waals surface area contributed by atoms with Crippen molar-refractivity contribution in [3.8, 4) is 11.5 Å². The minimum absolute atomic E-state index is 0.0236. The normalized spacial score (nSPS) is 20.3. The van der Waals surface area contributed by atoms with Gasteiger partial charge in [-0.05, 0) is 76.2 Å². The summed E-state index contributed by atoms with van der Waals surface area (Å²) < 4.78 is 28.1. The third-order valence-electron chi connectivity index (χ3n) is 9.40. The van der Waals surface area contributed by atoms with Crippen LogP contribution in [-0.4, -0.2) is 87.1 Å². The van der Waals surface area contributed by atoms with E-state index in [4.69, 9.17) is 9.47 Å². The van der Waals surface area contributed by atoms with E-state index in [2.05, 4.69) is 27.5 Å². The van der Waals surface area contributed by atoms with Gasteiger partial charge >= 0.3 is 0 Å². The number of hydrogen-bond acceptors (Lipinski definition) is 7. The Labute approximate surface area is 264 Å². The van der Waals surface area contributed by atoms with Gasteiger partial charge in [0.05, 0.1) is 18.8 Å². The Balaban J connectivity index is 1.33. The van der Waals surface area contributed by atoms with E-state index in [1.807, 2.05) is 36.4 Å². The minimum Gasteiger partial charge on any atom is -0.454 e. The molecule has 3 heterocycles. The number of ketones is 1. The van der Waals surface area contributed by atoms with Crippen LogP contribution >= 0.6 is 0 Å². The van der Waals surface area contributed by atoms with Crippen LogP contribution in [0.2, 0.25) is 0 Å². The Morgan fingerprint density at radius 3 is 2.69 bits per heavy atom. The van der Waals surface area contributed by atoms with Crippen molar-refractivity contribution in [2.24, 2.45) is 0 Å². The van der Waals surface area contributed by atoms with Crippen molar-refractivity contribution in [2.45, 2.75) is 45.1 Å². The summed E-state index contributed by atoms with van der Waals surface area (Å²) >= 11 is 0. The maximum absolute atomic E-state index is 16.0. The van der Waals surface area contributed by atoms with E-state index in [9.17, 15) is 9.59 Å². The van der Waals surface area contributed by atoms with E-state index in [0.29, 0.717) is 36.9 Å². The lowest BCUT2D eigenvalue weighted by Crippen LogP contribution is -2.37. The molecular weight excluding hydrogens is 571 g/mol. The van der Waals surface area contributed by atoms with Gasteiger partial charge in [0.25, 0.3) is 5.91 Å². The SMILES string of the molecule is Cc1c2cc(F)c(NCCCN3CCOCC3)c1Oc1c(ccc3ccccc13)C/C=C(/C(=O)NCCC1CCCN1C)C2=O. The van der Waals surface area contributed by atoms with Gasteiger partial charge in [-0.15, -0.1) is 0 Å². The molecule has 2 fully saturated rings. The number of fused-ring (bicyclic) bond motifs is 5. The molecular formula is C36H43FN4O4. The van der Waals surface area contributed by atoms with Crippen molar-refractivity contribution in [3.05, 3.63) is 76.6 Å². The third kappa shape index (κ3) is 6.90. The van der Waals surface area contributed by atoms with Crippen LogP contribution in [0.1, 0.15) is 47.2 Å². The van der Waals surface area contributed by atoms with Gasteiger partial charge in [-0.3, -0.25) is 14.5 Å². The minimum atomic E-state index is -0.586. The molecule has 1 unspecified atom stereocenters. The second-order valence-electron chi connectivity index (χ2n) is 12.3. The molecule has 0 aliphatic carbocycles. The molecule has 3 aliphatic heterocycles. The summed E-state index contributed by atoms with van der Waals surface area (Å²) in [4.78, 5) is 32.2. The van der Waals surface area contributed by atoms with Crippen LogP contribution in [0.4, 0.5) is 10.1 Å². The fourth-order valence-corrected chi connectivity index (χ4v) is 6.70. The van der Waals surface area contributed by atoms with Crippen molar-refractivity contribution in [1.29, 1.82) is 0 Å². The number of ether oxygens (including phenoxy) is 2. The number of benzene rings is 3. The van der Waals surface area contributed by atoms with Crippen LogP contribution in [0.3, 0.4) is 0 Å². The van der Waals surface area contributed by atoms with E-state index in [-0.39, 0.29) is 22.6 Å². The van der Waals surface area contributed by atoms with Crippen LogP contribution in [0.5, 0.6) is 11.5 Å². The lowest BCUT2D eigenvalue weighted by Gasteiger charge is -2.26. The number of carbonyl (C=O) groups is 2. The first-order valence-corrected chi connectivity index (χ1v) is 16.2. The van der Waals surface area contributed by atoms with E-state index < -0.39 is 17.5 Å². The molecule has 3 aliphatic rings. The summed E-state index contributed by atoms with van der Waals surface area (Å²) in [5, 5.41) is 8.12. The molecule has 1 atom stereocenters. The van der Waals surface area contributed by atoms with Crippen molar-refractivity contribution < 1.29 is 23.5 Å². The highest BCUT2D eigenvalue weighted by atomic mass is 19.1. The first-order valence-electron chi connectivity index (χ1n) is 16.2. The summed E-state index contributed by atoms with van der Waals surface area (Å²) in [6, 6.07) is 13.5. The molecule has 8 nitrogen and oxygen atoms in total. The summed E-state index contributed by atoms with van der Waals surface area (Å²) in [5.41, 5.74) is 1.67. The highest BCUT2D eigenvalue weighted by molar-refractivity contribution is 6.26. The Bertz CT molecular complexity index is 1600. The smallest absolute Gasteiger partial charge is 0.254 e. The third-order valence-corrected chi connectivity index (χ3v) is 9.40. The van der Waals surface area contributed by atoms with Crippen LogP contribution < -0.4 is 15.4 Å². The van der Waals surface area contributed by atoms with E-state index in [1.165, 1.54) is 6.07 Å². The van der Waals surface area contributed by atoms with Gasteiger partial charge in [0, 0.05) is 48.7 Å². The molecule has 0 saturated carbocycles. The van der Waals surface area contributed by atoms with E-state index in [1.54, 1.807) is 13.0 Å². The van der Waals surface area contributed by atoms with Gasteiger partial charge < -0.3 is 25.0 Å². The van der Waals surface area contributed by atoms with Gasteiger partial charge in [0.1, 0.15) is 11.4 Å². The average molecular weight is 615 g/mol. The summed E-state index contributed by atoms with van der Waals surface area (Å²) in [7, 11) is 2.10. The maximum Gasteiger partial charge on any atom is 0.254 e. The number of nitrogens with one attached hydrogen (secondary N) is 2. The number of morpholine rings is 1. The Morgan fingerprint density at radius 1 is 1.07 bits per heavy atom. The van der Waals surface area contributed by atoms with Crippen molar-refractivity contribution in [3.63, 3.8) is 0 Å². The second kappa shape index (κ2) is 14.1. The monoisotopic (exact) mass is 614 g/mol. The number of halogens is 1.